The summed E-state index contributed by atoms with van der Waals surface area (Å²) >= 11 is 5.99. The van der Waals surface area contributed by atoms with Crippen molar-refractivity contribution in [2.75, 3.05) is 25.0 Å². The molecule has 1 heterocycles. The van der Waals surface area contributed by atoms with E-state index in [0.717, 1.165) is 19.4 Å². The number of likely N-dealkylation sites (tertiary alicyclic amines) is 1. The van der Waals surface area contributed by atoms with E-state index in [-0.39, 0.29) is 35.2 Å². The molecule has 126 valence electrons. The standard InChI is InChI=1S/C15H20ClN3O4/c1-10(18-6-2-3-11(8-18)9-20)15(21)17-14-5-4-12(19(22)23)7-13(14)16/h4-5,7,10-11,20H,2-3,6,8-9H2,1H3,(H,17,21). The highest BCUT2D eigenvalue weighted by Crippen LogP contribution is 2.27. The van der Waals surface area contributed by atoms with Crippen LogP contribution in [-0.2, 0) is 4.79 Å². The zero-order chi connectivity index (χ0) is 17.0. The van der Waals surface area contributed by atoms with Crippen LogP contribution >= 0.6 is 11.6 Å². The van der Waals surface area contributed by atoms with Crippen LogP contribution in [0.15, 0.2) is 18.2 Å². The normalized spacial score (nSPS) is 20.0. The number of non-ortho nitro benzene ring substituents is 1. The van der Waals surface area contributed by atoms with Gasteiger partial charge in [0.25, 0.3) is 5.69 Å². The van der Waals surface area contributed by atoms with Gasteiger partial charge in [0.05, 0.1) is 21.7 Å². The quantitative estimate of drug-likeness (QED) is 0.632. The number of aliphatic hydroxyl groups excluding tert-OH is 1. The van der Waals surface area contributed by atoms with Crippen molar-refractivity contribution >= 4 is 28.9 Å². The second-order valence-electron chi connectivity index (χ2n) is 5.77. The molecule has 1 aromatic carbocycles. The Morgan fingerprint density at radius 3 is 2.96 bits per heavy atom. The van der Waals surface area contributed by atoms with Gasteiger partial charge in [-0.2, -0.15) is 0 Å². The smallest absolute Gasteiger partial charge is 0.271 e. The van der Waals surface area contributed by atoms with Crippen LogP contribution in [0.2, 0.25) is 5.02 Å². The second kappa shape index (κ2) is 7.72. The summed E-state index contributed by atoms with van der Waals surface area (Å²) in [7, 11) is 0. The first-order valence-electron chi connectivity index (χ1n) is 7.52. The Labute approximate surface area is 139 Å². The van der Waals surface area contributed by atoms with Crippen molar-refractivity contribution < 1.29 is 14.8 Å². The lowest BCUT2D eigenvalue weighted by molar-refractivity contribution is -0.384. The molecule has 1 aromatic rings. The molecule has 2 rings (SSSR count). The minimum absolute atomic E-state index is 0.122. The number of carbonyl (C=O) groups is 1. The molecule has 1 saturated heterocycles. The fraction of sp³-hybridized carbons (Fsp3) is 0.533. The Morgan fingerprint density at radius 2 is 2.35 bits per heavy atom. The van der Waals surface area contributed by atoms with Crippen LogP contribution in [0, 0.1) is 16.0 Å². The van der Waals surface area contributed by atoms with Gasteiger partial charge in [-0.3, -0.25) is 19.8 Å². The summed E-state index contributed by atoms with van der Waals surface area (Å²) in [5.41, 5.74) is 0.229. The van der Waals surface area contributed by atoms with Gasteiger partial charge in [0.2, 0.25) is 5.91 Å². The van der Waals surface area contributed by atoms with Gasteiger partial charge in [-0.05, 0) is 38.3 Å². The highest BCUT2D eigenvalue weighted by Gasteiger charge is 2.27. The number of amides is 1. The summed E-state index contributed by atoms with van der Waals surface area (Å²) in [5.74, 6) is -0.0266. The number of piperidine rings is 1. The van der Waals surface area contributed by atoms with Gasteiger partial charge < -0.3 is 10.4 Å². The number of halogens is 1. The molecule has 0 spiro atoms. The number of nitro benzene ring substituents is 1. The maximum Gasteiger partial charge on any atom is 0.271 e. The first kappa shape index (κ1) is 17.7. The molecule has 2 unspecified atom stereocenters. The topological polar surface area (TPSA) is 95.7 Å². The van der Waals surface area contributed by atoms with Gasteiger partial charge in [-0.15, -0.1) is 0 Å². The minimum atomic E-state index is -0.539. The SMILES string of the molecule is CC(C(=O)Nc1ccc([N+](=O)[O-])cc1Cl)N1CCCC(CO)C1. The molecule has 1 fully saturated rings. The zero-order valence-corrected chi connectivity index (χ0v) is 13.6. The number of nitro groups is 1. The van der Waals surface area contributed by atoms with Crippen LogP contribution in [0.4, 0.5) is 11.4 Å². The second-order valence-corrected chi connectivity index (χ2v) is 6.18. The van der Waals surface area contributed by atoms with E-state index < -0.39 is 4.92 Å². The Bertz CT molecular complexity index is 596. The number of nitrogens with one attached hydrogen (secondary N) is 1. The van der Waals surface area contributed by atoms with Gasteiger partial charge in [0.1, 0.15) is 0 Å². The molecule has 2 N–H and O–H groups in total. The Hall–Kier alpha value is -1.70. The van der Waals surface area contributed by atoms with Crippen molar-refractivity contribution in [3.05, 3.63) is 33.3 Å². The van der Waals surface area contributed by atoms with Crippen LogP contribution < -0.4 is 5.32 Å². The van der Waals surface area contributed by atoms with E-state index in [0.29, 0.717) is 12.2 Å². The minimum Gasteiger partial charge on any atom is -0.396 e. The van der Waals surface area contributed by atoms with E-state index >= 15 is 0 Å². The number of benzene rings is 1. The highest BCUT2D eigenvalue weighted by molar-refractivity contribution is 6.34. The van der Waals surface area contributed by atoms with Crippen molar-refractivity contribution in [3.63, 3.8) is 0 Å². The predicted octanol–water partition coefficient (Wildman–Crippen LogP) is 2.28. The van der Waals surface area contributed by atoms with Gasteiger partial charge in [-0.1, -0.05) is 11.6 Å². The number of aliphatic hydroxyl groups is 1. The zero-order valence-electron chi connectivity index (χ0n) is 12.9. The lowest BCUT2D eigenvalue weighted by atomic mass is 9.97. The number of anilines is 1. The van der Waals surface area contributed by atoms with Crippen molar-refractivity contribution in [1.82, 2.24) is 4.90 Å². The first-order valence-corrected chi connectivity index (χ1v) is 7.90. The fourth-order valence-electron chi connectivity index (χ4n) is 2.72. The molecule has 0 aromatic heterocycles. The Kier molecular flexibility index (Phi) is 5.92. The molecule has 0 aliphatic carbocycles. The molecule has 23 heavy (non-hydrogen) atoms. The first-order chi connectivity index (χ1) is 10.9. The van der Waals surface area contributed by atoms with E-state index in [1.807, 2.05) is 4.90 Å². The third-order valence-electron chi connectivity index (χ3n) is 4.16. The lowest BCUT2D eigenvalue weighted by Gasteiger charge is -2.35. The summed E-state index contributed by atoms with van der Waals surface area (Å²) in [5, 5.41) is 22.8. The molecule has 0 saturated carbocycles. The van der Waals surface area contributed by atoms with Gasteiger partial charge in [0, 0.05) is 25.3 Å². The molecule has 1 amide bonds. The number of nitrogens with zero attached hydrogens (tertiary/aromatic N) is 2. The lowest BCUT2D eigenvalue weighted by Crippen LogP contribution is -2.47. The Balaban J connectivity index is 2.02. The van der Waals surface area contributed by atoms with E-state index in [1.54, 1.807) is 6.92 Å². The van der Waals surface area contributed by atoms with Crippen molar-refractivity contribution in [2.24, 2.45) is 5.92 Å². The Morgan fingerprint density at radius 1 is 1.61 bits per heavy atom. The molecule has 2 atom stereocenters. The van der Waals surface area contributed by atoms with Crippen molar-refractivity contribution in [1.29, 1.82) is 0 Å². The number of hydrogen-bond donors (Lipinski definition) is 2. The molecular formula is C15H20ClN3O4. The molecule has 1 aliphatic rings. The van der Waals surface area contributed by atoms with E-state index in [9.17, 15) is 20.0 Å². The summed E-state index contributed by atoms with van der Waals surface area (Å²) < 4.78 is 0. The average molecular weight is 342 g/mol. The number of carbonyl (C=O) groups excluding carboxylic acids is 1. The van der Waals surface area contributed by atoms with E-state index in [4.69, 9.17) is 11.6 Å². The van der Waals surface area contributed by atoms with Crippen LogP contribution in [0.5, 0.6) is 0 Å². The van der Waals surface area contributed by atoms with Gasteiger partial charge >= 0.3 is 0 Å². The molecule has 8 heteroatoms. The van der Waals surface area contributed by atoms with Crippen molar-refractivity contribution in [2.45, 2.75) is 25.8 Å². The average Bonchev–Trinajstić information content (AvgIpc) is 2.55. The predicted molar refractivity (Wildman–Crippen MR) is 87.6 cm³/mol. The summed E-state index contributed by atoms with van der Waals surface area (Å²) in [6.07, 6.45) is 1.91. The van der Waals surface area contributed by atoms with E-state index in [1.165, 1.54) is 18.2 Å². The maximum atomic E-state index is 12.4. The molecule has 7 nitrogen and oxygen atoms in total. The van der Waals surface area contributed by atoms with Crippen LogP contribution in [0.3, 0.4) is 0 Å². The van der Waals surface area contributed by atoms with Crippen LogP contribution in [0.1, 0.15) is 19.8 Å². The largest absolute Gasteiger partial charge is 0.396 e. The maximum absolute atomic E-state index is 12.4. The van der Waals surface area contributed by atoms with Gasteiger partial charge in [-0.25, -0.2) is 0 Å². The third-order valence-corrected chi connectivity index (χ3v) is 4.47. The third kappa shape index (κ3) is 4.40. The summed E-state index contributed by atoms with van der Waals surface area (Å²) in [4.78, 5) is 24.6. The fourth-order valence-corrected chi connectivity index (χ4v) is 2.94. The molecule has 0 radical (unpaired) electrons. The number of rotatable bonds is 5. The highest BCUT2D eigenvalue weighted by atomic mass is 35.5. The molecule has 0 bridgehead atoms. The summed E-state index contributed by atoms with van der Waals surface area (Å²) in [6, 6.07) is 3.58. The molecule has 1 aliphatic heterocycles. The van der Waals surface area contributed by atoms with Crippen LogP contribution in [0.25, 0.3) is 0 Å². The van der Waals surface area contributed by atoms with Crippen LogP contribution in [-0.4, -0.2) is 46.6 Å². The monoisotopic (exact) mass is 341 g/mol. The van der Waals surface area contributed by atoms with Gasteiger partial charge in [0.15, 0.2) is 0 Å². The van der Waals surface area contributed by atoms with Crippen molar-refractivity contribution in [3.8, 4) is 0 Å². The molecular weight excluding hydrogens is 322 g/mol. The summed E-state index contributed by atoms with van der Waals surface area (Å²) in [6.45, 7) is 3.41. The number of hydrogen-bond acceptors (Lipinski definition) is 5. The van der Waals surface area contributed by atoms with E-state index in [2.05, 4.69) is 5.32 Å².